The second-order valence-electron chi connectivity index (χ2n) is 5.36. The van der Waals surface area contributed by atoms with Crippen LogP contribution in [0, 0.1) is 13.8 Å². The molecule has 1 aliphatic heterocycles. The largest absolute Gasteiger partial charge is 0.394 e. The number of aliphatic hydroxyl groups is 1. The predicted molar refractivity (Wildman–Crippen MR) is 80.9 cm³/mol. The number of halogens is 1. The fraction of sp³-hybridized carbons (Fsp3) is 0.533. The van der Waals surface area contributed by atoms with Crippen LogP contribution < -0.4 is 0 Å². The molecule has 20 heavy (non-hydrogen) atoms. The maximum absolute atomic E-state index is 12.7. The molecule has 1 fully saturated rings. The van der Waals surface area contributed by atoms with Crippen LogP contribution >= 0.6 is 15.9 Å². The first-order chi connectivity index (χ1) is 9.43. The van der Waals surface area contributed by atoms with E-state index in [-0.39, 0.29) is 24.7 Å². The smallest absolute Gasteiger partial charge is 0.254 e. The maximum Gasteiger partial charge on any atom is 0.254 e. The van der Waals surface area contributed by atoms with Gasteiger partial charge in [-0.15, -0.1) is 0 Å². The fourth-order valence-corrected chi connectivity index (χ4v) is 2.83. The molecule has 1 amide bonds. The maximum atomic E-state index is 12.7. The van der Waals surface area contributed by atoms with E-state index >= 15 is 0 Å². The number of hydrogen-bond donors (Lipinski definition) is 1. The number of hydrogen-bond acceptors (Lipinski definition) is 3. The summed E-state index contributed by atoms with van der Waals surface area (Å²) in [6, 6.07) is 3.91. The Bertz CT molecular complexity index is 518. The summed E-state index contributed by atoms with van der Waals surface area (Å²) in [5, 5.41) is 9.21. The summed E-state index contributed by atoms with van der Waals surface area (Å²) in [4.78, 5) is 14.5. The van der Waals surface area contributed by atoms with Gasteiger partial charge in [-0.25, -0.2) is 0 Å². The van der Waals surface area contributed by atoms with E-state index in [1.54, 1.807) is 4.90 Å². The van der Waals surface area contributed by atoms with Crippen LogP contribution in [0.3, 0.4) is 0 Å². The summed E-state index contributed by atoms with van der Waals surface area (Å²) < 4.78 is 6.49. The highest BCUT2D eigenvalue weighted by Crippen LogP contribution is 2.24. The van der Waals surface area contributed by atoms with Crippen molar-refractivity contribution in [3.63, 3.8) is 0 Å². The summed E-state index contributed by atoms with van der Waals surface area (Å²) >= 11 is 3.48. The Morgan fingerprint density at radius 1 is 1.45 bits per heavy atom. The molecule has 1 aliphatic rings. The number of ether oxygens (including phenoxy) is 1. The third-order valence-corrected chi connectivity index (χ3v) is 4.56. The summed E-state index contributed by atoms with van der Waals surface area (Å²) in [6.07, 6.45) is -0.285. The second kappa shape index (κ2) is 6.24. The number of amides is 1. The average molecular weight is 342 g/mol. The van der Waals surface area contributed by atoms with E-state index in [1.165, 1.54) is 0 Å². The SMILES string of the molecule is Cc1cc(C(=O)N2CC(CO)OCC2C)c(C)cc1Br. The predicted octanol–water partition coefficient (Wildman–Crippen LogP) is 2.29. The third-order valence-electron chi connectivity index (χ3n) is 3.71. The van der Waals surface area contributed by atoms with E-state index in [2.05, 4.69) is 15.9 Å². The van der Waals surface area contributed by atoms with Crippen molar-refractivity contribution >= 4 is 21.8 Å². The van der Waals surface area contributed by atoms with E-state index < -0.39 is 0 Å². The van der Waals surface area contributed by atoms with Gasteiger partial charge in [0.2, 0.25) is 0 Å². The van der Waals surface area contributed by atoms with Gasteiger partial charge in [0.05, 0.1) is 25.4 Å². The van der Waals surface area contributed by atoms with E-state index in [0.29, 0.717) is 13.2 Å². The minimum Gasteiger partial charge on any atom is -0.394 e. The van der Waals surface area contributed by atoms with Gasteiger partial charge >= 0.3 is 0 Å². The number of aliphatic hydroxyl groups excluding tert-OH is 1. The Balaban J connectivity index is 2.28. The Kier molecular flexibility index (Phi) is 4.83. The zero-order valence-corrected chi connectivity index (χ0v) is 13.6. The zero-order chi connectivity index (χ0) is 14.9. The number of morpholine rings is 1. The van der Waals surface area contributed by atoms with Crippen LogP contribution in [-0.2, 0) is 4.74 Å². The summed E-state index contributed by atoms with van der Waals surface area (Å²) in [6.45, 7) is 6.71. The highest BCUT2D eigenvalue weighted by Gasteiger charge is 2.30. The first-order valence-corrected chi connectivity index (χ1v) is 7.53. The number of aryl methyl sites for hydroxylation is 2. The molecule has 0 bridgehead atoms. The van der Waals surface area contributed by atoms with Gasteiger partial charge in [-0.3, -0.25) is 4.79 Å². The lowest BCUT2D eigenvalue weighted by Crippen LogP contribution is -2.52. The molecule has 0 aromatic heterocycles. The summed E-state index contributed by atoms with van der Waals surface area (Å²) in [5.41, 5.74) is 2.71. The Morgan fingerprint density at radius 2 is 2.15 bits per heavy atom. The highest BCUT2D eigenvalue weighted by atomic mass is 79.9. The van der Waals surface area contributed by atoms with Crippen LogP contribution in [0.1, 0.15) is 28.4 Å². The van der Waals surface area contributed by atoms with Crippen LogP contribution in [0.5, 0.6) is 0 Å². The molecule has 0 aliphatic carbocycles. The van der Waals surface area contributed by atoms with Crippen molar-refractivity contribution in [3.05, 3.63) is 33.3 Å². The molecule has 0 spiro atoms. The van der Waals surface area contributed by atoms with E-state index in [4.69, 9.17) is 4.74 Å². The van der Waals surface area contributed by atoms with Gasteiger partial charge in [-0.2, -0.15) is 0 Å². The minimum atomic E-state index is -0.285. The monoisotopic (exact) mass is 341 g/mol. The van der Waals surface area contributed by atoms with Crippen molar-refractivity contribution < 1.29 is 14.6 Å². The van der Waals surface area contributed by atoms with Gasteiger partial charge in [0, 0.05) is 16.6 Å². The van der Waals surface area contributed by atoms with Crippen molar-refractivity contribution in [2.24, 2.45) is 0 Å². The molecular formula is C15H20BrNO3. The van der Waals surface area contributed by atoms with Crippen LogP contribution in [-0.4, -0.2) is 47.8 Å². The van der Waals surface area contributed by atoms with Crippen LogP contribution in [0.15, 0.2) is 16.6 Å². The standard InChI is InChI=1S/C15H20BrNO3/c1-9-5-14(16)10(2)4-13(9)15(19)17-6-12(7-18)20-8-11(17)3/h4-5,11-12,18H,6-8H2,1-3H3. The molecule has 5 heteroatoms. The van der Waals surface area contributed by atoms with E-state index in [1.807, 2.05) is 32.9 Å². The van der Waals surface area contributed by atoms with Crippen molar-refractivity contribution in [1.29, 1.82) is 0 Å². The summed E-state index contributed by atoms with van der Waals surface area (Å²) in [7, 11) is 0. The average Bonchev–Trinajstić information content (AvgIpc) is 2.42. The number of nitrogens with zero attached hydrogens (tertiary/aromatic N) is 1. The molecule has 1 heterocycles. The lowest BCUT2D eigenvalue weighted by molar-refractivity contribution is -0.0667. The van der Waals surface area contributed by atoms with Gasteiger partial charge in [-0.1, -0.05) is 15.9 Å². The van der Waals surface area contributed by atoms with Crippen molar-refractivity contribution in [2.75, 3.05) is 19.8 Å². The molecule has 1 N–H and O–H groups in total. The fourth-order valence-electron chi connectivity index (χ4n) is 2.38. The van der Waals surface area contributed by atoms with Crippen LogP contribution in [0.4, 0.5) is 0 Å². The zero-order valence-electron chi connectivity index (χ0n) is 12.0. The number of carbonyl (C=O) groups excluding carboxylic acids is 1. The van der Waals surface area contributed by atoms with Crippen molar-refractivity contribution in [3.8, 4) is 0 Å². The van der Waals surface area contributed by atoms with Gasteiger partial charge in [0.25, 0.3) is 5.91 Å². The van der Waals surface area contributed by atoms with Gasteiger partial charge in [0.15, 0.2) is 0 Å². The topological polar surface area (TPSA) is 49.8 Å². The molecule has 2 rings (SSSR count). The molecule has 2 unspecified atom stereocenters. The lowest BCUT2D eigenvalue weighted by atomic mass is 10.0. The molecule has 1 saturated heterocycles. The van der Waals surface area contributed by atoms with Crippen molar-refractivity contribution in [2.45, 2.75) is 32.9 Å². The Morgan fingerprint density at radius 3 is 2.80 bits per heavy atom. The summed E-state index contributed by atoms with van der Waals surface area (Å²) in [5.74, 6) is 0.00681. The lowest BCUT2D eigenvalue weighted by Gasteiger charge is -2.37. The quantitative estimate of drug-likeness (QED) is 0.897. The van der Waals surface area contributed by atoms with Gasteiger partial charge in [-0.05, 0) is 44.0 Å². The van der Waals surface area contributed by atoms with Crippen LogP contribution in [0.2, 0.25) is 0 Å². The molecule has 1 aromatic carbocycles. The molecule has 4 nitrogen and oxygen atoms in total. The van der Waals surface area contributed by atoms with Crippen LogP contribution in [0.25, 0.3) is 0 Å². The Labute approximate surface area is 127 Å². The molecule has 0 saturated carbocycles. The molecule has 1 aromatic rings. The molecule has 110 valence electrons. The second-order valence-corrected chi connectivity index (χ2v) is 6.22. The first kappa shape index (κ1) is 15.5. The number of rotatable bonds is 2. The normalized spacial score (nSPS) is 22.9. The highest BCUT2D eigenvalue weighted by molar-refractivity contribution is 9.10. The van der Waals surface area contributed by atoms with Crippen molar-refractivity contribution in [1.82, 2.24) is 4.90 Å². The number of benzene rings is 1. The minimum absolute atomic E-state index is 0.00681. The number of carbonyl (C=O) groups is 1. The van der Waals surface area contributed by atoms with Gasteiger partial charge < -0.3 is 14.7 Å². The molecule has 2 atom stereocenters. The molecular weight excluding hydrogens is 322 g/mol. The molecule has 0 radical (unpaired) electrons. The van der Waals surface area contributed by atoms with Gasteiger partial charge in [0.1, 0.15) is 0 Å². The Hall–Kier alpha value is -0.910. The van der Waals surface area contributed by atoms with E-state index in [0.717, 1.165) is 21.2 Å². The third kappa shape index (κ3) is 3.05. The first-order valence-electron chi connectivity index (χ1n) is 6.74. The van der Waals surface area contributed by atoms with E-state index in [9.17, 15) is 9.90 Å².